The van der Waals surface area contributed by atoms with Crippen molar-refractivity contribution < 1.29 is 9.18 Å². The number of aryl methyl sites for hydroxylation is 2. The third-order valence-corrected chi connectivity index (χ3v) is 3.94. The maximum atomic E-state index is 14.1. The Hall–Kier alpha value is -3.28. The van der Waals surface area contributed by atoms with E-state index in [2.05, 4.69) is 10.4 Å². The van der Waals surface area contributed by atoms with Crippen molar-refractivity contribution in [3.63, 3.8) is 0 Å². The highest BCUT2D eigenvalue weighted by Gasteiger charge is 2.16. The number of para-hydroxylation sites is 1. The lowest BCUT2D eigenvalue weighted by atomic mass is 10.1. The molecule has 0 unspecified atom stereocenters. The summed E-state index contributed by atoms with van der Waals surface area (Å²) in [5.74, 6) is -1.08. The summed E-state index contributed by atoms with van der Waals surface area (Å²) in [6.45, 7) is 3.87. The predicted molar refractivity (Wildman–Crippen MR) is 96.9 cm³/mol. The Bertz CT molecular complexity index is 1030. The van der Waals surface area contributed by atoms with Crippen LogP contribution in [0.15, 0.2) is 59.4 Å². The first kappa shape index (κ1) is 17.5. The van der Waals surface area contributed by atoms with Crippen molar-refractivity contribution in [3.8, 4) is 5.69 Å². The minimum Gasteiger partial charge on any atom is -0.346 e. The van der Waals surface area contributed by atoms with Gasteiger partial charge in [-0.25, -0.2) is 9.07 Å². The molecule has 0 saturated heterocycles. The average Bonchev–Trinajstić information content (AvgIpc) is 2.61. The van der Waals surface area contributed by atoms with E-state index in [-0.39, 0.29) is 17.9 Å². The fourth-order valence-electron chi connectivity index (χ4n) is 2.66. The zero-order valence-corrected chi connectivity index (χ0v) is 14.5. The fraction of sp³-hybridized carbons (Fsp3) is 0.150. The Kier molecular flexibility index (Phi) is 4.93. The van der Waals surface area contributed by atoms with E-state index in [0.717, 1.165) is 11.1 Å². The van der Waals surface area contributed by atoms with Gasteiger partial charge in [-0.3, -0.25) is 9.59 Å². The van der Waals surface area contributed by atoms with Gasteiger partial charge in [0.25, 0.3) is 5.91 Å². The number of amides is 1. The van der Waals surface area contributed by atoms with E-state index < -0.39 is 17.2 Å². The van der Waals surface area contributed by atoms with Crippen molar-refractivity contribution in [1.29, 1.82) is 0 Å². The molecule has 2 aromatic carbocycles. The van der Waals surface area contributed by atoms with Gasteiger partial charge in [-0.05, 0) is 31.5 Å². The van der Waals surface area contributed by atoms with E-state index in [9.17, 15) is 14.0 Å². The summed E-state index contributed by atoms with van der Waals surface area (Å²) in [7, 11) is 0. The Morgan fingerprint density at radius 1 is 1.12 bits per heavy atom. The van der Waals surface area contributed by atoms with Crippen molar-refractivity contribution in [2.45, 2.75) is 20.4 Å². The fourth-order valence-corrected chi connectivity index (χ4v) is 2.66. The first-order valence-electron chi connectivity index (χ1n) is 8.15. The Balaban J connectivity index is 1.90. The van der Waals surface area contributed by atoms with Gasteiger partial charge in [-0.1, -0.05) is 42.0 Å². The number of hydrogen-bond donors (Lipinski definition) is 1. The molecule has 0 aliphatic carbocycles. The predicted octanol–water partition coefficient (Wildman–Crippen LogP) is 2.92. The van der Waals surface area contributed by atoms with Gasteiger partial charge in [-0.15, -0.1) is 0 Å². The van der Waals surface area contributed by atoms with E-state index in [1.807, 2.05) is 31.2 Å². The number of nitrogens with zero attached hydrogens (tertiary/aromatic N) is 2. The van der Waals surface area contributed by atoms with Gasteiger partial charge < -0.3 is 5.32 Å². The third-order valence-electron chi connectivity index (χ3n) is 3.94. The molecule has 0 saturated carbocycles. The van der Waals surface area contributed by atoms with Crippen LogP contribution in [0.5, 0.6) is 0 Å². The molecular weight excluding hydrogens is 333 g/mol. The van der Waals surface area contributed by atoms with Gasteiger partial charge in [0.05, 0.1) is 0 Å². The zero-order valence-electron chi connectivity index (χ0n) is 14.5. The quantitative estimate of drug-likeness (QED) is 0.786. The molecule has 0 bridgehead atoms. The lowest BCUT2D eigenvalue weighted by Gasteiger charge is -2.12. The van der Waals surface area contributed by atoms with Crippen LogP contribution >= 0.6 is 0 Å². The van der Waals surface area contributed by atoms with Crippen LogP contribution in [-0.2, 0) is 6.54 Å². The van der Waals surface area contributed by atoms with E-state index in [4.69, 9.17) is 0 Å². The van der Waals surface area contributed by atoms with Crippen molar-refractivity contribution in [1.82, 2.24) is 15.1 Å². The molecule has 1 aromatic heterocycles. The molecule has 0 atom stereocenters. The molecule has 3 rings (SSSR count). The second-order valence-electron chi connectivity index (χ2n) is 6.03. The normalized spacial score (nSPS) is 10.6. The molecular formula is C20H18FN3O2. The van der Waals surface area contributed by atoms with Crippen LogP contribution in [0.3, 0.4) is 0 Å². The van der Waals surface area contributed by atoms with E-state index >= 15 is 0 Å². The van der Waals surface area contributed by atoms with Gasteiger partial charge >= 0.3 is 0 Å². The van der Waals surface area contributed by atoms with Crippen LogP contribution in [0, 0.1) is 19.7 Å². The lowest BCUT2D eigenvalue weighted by Crippen LogP contribution is -2.31. The van der Waals surface area contributed by atoms with Crippen LogP contribution in [0.1, 0.15) is 27.3 Å². The number of rotatable bonds is 4. The highest BCUT2D eigenvalue weighted by molar-refractivity contribution is 5.92. The van der Waals surface area contributed by atoms with Crippen LogP contribution in [-0.4, -0.2) is 15.7 Å². The summed E-state index contributed by atoms with van der Waals surface area (Å²) in [4.78, 5) is 24.6. The first-order chi connectivity index (χ1) is 12.5. The largest absolute Gasteiger partial charge is 0.346 e. The molecule has 1 amide bonds. The highest BCUT2D eigenvalue weighted by atomic mass is 19.1. The van der Waals surface area contributed by atoms with Gasteiger partial charge in [0.1, 0.15) is 11.5 Å². The molecule has 6 heteroatoms. The zero-order chi connectivity index (χ0) is 18.7. The van der Waals surface area contributed by atoms with Gasteiger partial charge in [0.2, 0.25) is 5.43 Å². The van der Waals surface area contributed by atoms with E-state index in [0.29, 0.717) is 5.69 Å². The van der Waals surface area contributed by atoms with Crippen molar-refractivity contribution in [2.75, 3.05) is 0 Å². The number of hydrogen-bond acceptors (Lipinski definition) is 3. The summed E-state index contributed by atoms with van der Waals surface area (Å²) in [6, 6.07) is 15.0. The molecule has 1 N–H and O–H groups in total. The molecule has 1 heterocycles. The standard InChI is InChI=1S/C20H18FN3O2/c1-13-6-5-7-15(10-13)12-22-20(26)19-18(25)11-14(2)24(23-19)17-9-4-3-8-16(17)21/h3-11H,12H2,1-2H3,(H,22,26). The molecule has 0 aliphatic heterocycles. The van der Waals surface area contributed by atoms with Crippen LogP contribution < -0.4 is 10.7 Å². The third kappa shape index (κ3) is 3.69. The number of halogens is 1. The number of benzene rings is 2. The molecule has 0 radical (unpaired) electrons. The van der Waals surface area contributed by atoms with Crippen molar-refractivity contribution >= 4 is 5.91 Å². The second kappa shape index (κ2) is 7.31. The molecule has 0 spiro atoms. The smallest absolute Gasteiger partial charge is 0.276 e. The summed E-state index contributed by atoms with van der Waals surface area (Å²) >= 11 is 0. The molecule has 0 fully saturated rings. The SMILES string of the molecule is Cc1cccc(CNC(=O)c2nn(-c3ccccc3F)c(C)cc2=O)c1. The Morgan fingerprint density at radius 3 is 2.62 bits per heavy atom. The minimum atomic E-state index is -0.596. The Labute approximate surface area is 150 Å². The Morgan fingerprint density at radius 2 is 1.88 bits per heavy atom. The van der Waals surface area contributed by atoms with Gasteiger partial charge in [-0.2, -0.15) is 5.10 Å². The van der Waals surface area contributed by atoms with Crippen molar-refractivity contribution in [3.05, 3.63) is 93.2 Å². The molecule has 5 nitrogen and oxygen atoms in total. The number of nitrogens with one attached hydrogen (secondary N) is 1. The van der Waals surface area contributed by atoms with Gasteiger partial charge in [0.15, 0.2) is 5.69 Å². The van der Waals surface area contributed by atoms with Crippen molar-refractivity contribution in [2.24, 2.45) is 0 Å². The molecule has 26 heavy (non-hydrogen) atoms. The summed E-state index contributed by atoms with van der Waals surface area (Å²) in [5, 5.41) is 6.77. The van der Waals surface area contributed by atoms with Crippen LogP contribution in [0.2, 0.25) is 0 Å². The molecule has 132 valence electrons. The first-order valence-corrected chi connectivity index (χ1v) is 8.15. The maximum absolute atomic E-state index is 14.1. The topological polar surface area (TPSA) is 64.0 Å². The maximum Gasteiger partial charge on any atom is 0.276 e. The van der Waals surface area contributed by atoms with Gasteiger partial charge in [0, 0.05) is 18.3 Å². The number of carbonyl (C=O) groups is 1. The number of carbonyl (C=O) groups excluding carboxylic acids is 1. The average molecular weight is 351 g/mol. The van der Waals surface area contributed by atoms with Crippen LogP contribution in [0.4, 0.5) is 4.39 Å². The molecule has 3 aromatic rings. The monoisotopic (exact) mass is 351 g/mol. The number of aromatic nitrogens is 2. The highest BCUT2D eigenvalue weighted by Crippen LogP contribution is 2.13. The molecule has 0 aliphatic rings. The summed E-state index contributed by atoms with van der Waals surface area (Å²) in [5.41, 5.74) is 1.84. The van der Waals surface area contributed by atoms with E-state index in [1.165, 1.54) is 22.9 Å². The van der Waals surface area contributed by atoms with Crippen LogP contribution in [0.25, 0.3) is 5.69 Å². The summed E-state index contributed by atoms with van der Waals surface area (Å²) < 4.78 is 15.3. The van der Waals surface area contributed by atoms with E-state index in [1.54, 1.807) is 19.1 Å². The lowest BCUT2D eigenvalue weighted by molar-refractivity contribution is 0.0943. The minimum absolute atomic E-state index is 0.178. The second-order valence-corrected chi connectivity index (χ2v) is 6.03. The summed E-state index contributed by atoms with van der Waals surface area (Å²) in [6.07, 6.45) is 0.